The molecule has 1 saturated heterocycles. The number of cyclic esters (lactones) is 1. The molecule has 1 unspecified atom stereocenters. The van der Waals surface area contributed by atoms with Crippen molar-refractivity contribution < 1.29 is 18.7 Å². The summed E-state index contributed by atoms with van der Waals surface area (Å²) < 4.78 is 17.2. The second-order valence-electron chi connectivity index (χ2n) is 8.06. The number of rotatable bonds is 8. The lowest BCUT2D eigenvalue weighted by Gasteiger charge is -2.36. The fourth-order valence-corrected chi connectivity index (χ4v) is 3.39. The Morgan fingerprint density at radius 1 is 1.24 bits per heavy atom. The molecule has 0 aliphatic carbocycles. The molecule has 0 bridgehead atoms. The lowest BCUT2D eigenvalue weighted by atomic mass is 10.2. The summed E-state index contributed by atoms with van der Waals surface area (Å²) in [7, 11) is -1.78. The van der Waals surface area contributed by atoms with Crippen LogP contribution in [0.4, 0.5) is 4.79 Å². The first-order valence-electron chi connectivity index (χ1n) is 8.90. The number of nitrogens with zero attached hydrogens (tertiary/aromatic N) is 1. The molecule has 1 amide bonds. The molecule has 1 aromatic carbocycles. The number of benzene rings is 1. The summed E-state index contributed by atoms with van der Waals surface area (Å²) >= 11 is 0. The van der Waals surface area contributed by atoms with Crippen LogP contribution in [0, 0.1) is 0 Å². The van der Waals surface area contributed by atoms with Crippen LogP contribution in [0.15, 0.2) is 30.3 Å². The lowest BCUT2D eigenvalue weighted by Crippen LogP contribution is -2.43. The molecular formula is C19H31NO4Si. The second-order valence-corrected chi connectivity index (χ2v) is 12.9. The van der Waals surface area contributed by atoms with Gasteiger partial charge in [-0.1, -0.05) is 51.1 Å². The summed E-state index contributed by atoms with van der Waals surface area (Å²) in [5.74, 6) is 0. The van der Waals surface area contributed by atoms with Crippen molar-refractivity contribution in [2.45, 2.75) is 51.6 Å². The van der Waals surface area contributed by atoms with Gasteiger partial charge in [0, 0.05) is 6.54 Å². The van der Waals surface area contributed by atoms with Gasteiger partial charge in [-0.25, -0.2) is 4.79 Å². The summed E-state index contributed by atoms with van der Waals surface area (Å²) in [5, 5.41) is 0.173. The van der Waals surface area contributed by atoms with Gasteiger partial charge in [0.1, 0.15) is 6.10 Å². The molecule has 0 spiro atoms. The van der Waals surface area contributed by atoms with Crippen LogP contribution in [0.5, 0.6) is 0 Å². The summed E-state index contributed by atoms with van der Waals surface area (Å²) in [5.41, 5.74) is 1.12. The molecule has 1 heterocycles. The predicted octanol–water partition coefficient (Wildman–Crippen LogP) is 4.05. The molecular weight excluding hydrogens is 334 g/mol. The zero-order chi connectivity index (χ0) is 18.5. The van der Waals surface area contributed by atoms with Crippen molar-refractivity contribution in [3.63, 3.8) is 0 Å². The van der Waals surface area contributed by atoms with E-state index < -0.39 is 8.32 Å². The van der Waals surface area contributed by atoms with Crippen molar-refractivity contribution in [2.75, 3.05) is 26.3 Å². The molecule has 25 heavy (non-hydrogen) atoms. The van der Waals surface area contributed by atoms with E-state index in [1.165, 1.54) is 0 Å². The number of ether oxygens (including phenoxy) is 2. The molecule has 140 valence electrons. The van der Waals surface area contributed by atoms with E-state index in [4.69, 9.17) is 13.9 Å². The minimum absolute atomic E-state index is 0.173. The van der Waals surface area contributed by atoms with Gasteiger partial charge < -0.3 is 18.8 Å². The zero-order valence-corrected chi connectivity index (χ0v) is 17.1. The van der Waals surface area contributed by atoms with Gasteiger partial charge in [-0.2, -0.15) is 0 Å². The first-order valence-corrected chi connectivity index (χ1v) is 11.8. The van der Waals surface area contributed by atoms with Crippen molar-refractivity contribution in [1.82, 2.24) is 4.90 Å². The largest absolute Gasteiger partial charge is 0.442 e. The minimum atomic E-state index is -1.78. The van der Waals surface area contributed by atoms with Crippen LogP contribution in [-0.4, -0.2) is 51.7 Å². The van der Waals surface area contributed by atoms with E-state index >= 15 is 0 Å². The molecule has 0 aromatic heterocycles. The van der Waals surface area contributed by atoms with Crippen LogP contribution in [0.1, 0.15) is 26.3 Å². The van der Waals surface area contributed by atoms with Crippen molar-refractivity contribution in [3.8, 4) is 0 Å². The predicted molar refractivity (Wildman–Crippen MR) is 101 cm³/mol. The monoisotopic (exact) mass is 365 g/mol. The van der Waals surface area contributed by atoms with Crippen molar-refractivity contribution >= 4 is 14.4 Å². The maximum absolute atomic E-state index is 12.0. The first kappa shape index (κ1) is 19.9. The molecule has 5 nitrogen and oxygen atoms in total. The Morgan fingerprint density at radius 2 is 1.92 bits per heavy atom. The van der Waals surface area contributed by atoms with Crippen LogP contribution in [0.3, 0.4) is 0 Å². The van der Waals surface area contributed by atoms with E-state index in [9.17, 15) is 4.79 Å². The highest BCUT2D eigenvalue weighted by molar-refractivity contribution is 6.74. The molecule has 1 atom stereocenters. The van der Waals surface area contributed by atoms with Gasteiger partial charge in [0.05, 0.1) is 26.4 Å². The summed E-state index contributed by atoms with van der Waals surface area (Å²) in [4.78, 5) is 13.7. The van der Waals surface area contributed by atoms with E-state index in [2.05, 4.69) is 33.9 Å². The number of carbonyl (C=O) groups excluding carboxylic acids is 1. The second kappa shape index (κ2) is 8.34. The van der Waals surface area contributed by atoms with Crippen molar-refractivity contribution in [3.05, 3.63) is 35.9 Å². The Kier molecular flexibility index (Phi) is 6.65. The Balaban J connectivity index is 1.69. The van der Waals surface area contributed by atoms with Gasteiger partial charge in [-0.05, 0) is 23.7 Å². The molecule has 1 fully saturated rings. The molecule has 0 saturated carbocycles. The molecule has 2 rings (SSSR count). The first-order chi connectivity index (χ1) is 11.7. The molecule has 1 aliphatic rings. The van der Waals surface area contributed by atoms with Crippen molar-refractivity contribution in [2.24, 2.45) is 0 Å². The number of hydrogen-bond acceptors (Lipinski definition) is 4. The summed E-state index contributed by atoms with van der Waals surface area (Å²) in [6, 6.07) is 9.99. The van der Waals surface area contributed by atoms with Crippen LogP contribution in [0.25, 0.3) is 0 Å². The van der Waals surface area contributed by atoms with Gasteiger partial charge >= 0.3 is 6.09 Å². The third-order valence-corrected chi connectivity index (χ3v) is 9.53. The van der Waals surface area contributed by atoms with Gasteiger partial charge in [0.2, 0.25) is 0 Å². The van der Waals surface area contributed by atoms with Crippen LogP contribution in [0.2, 0.25) is 18.1 Å². The SMILES string of the molecule is CC(C)(C)[Si](C)(C)OCCN1CC(COCc2ccccc2)OC1=O. The topological polar surface area (TPSA) is 48.0 Å². The summed E-state index contributed by atoms with van der Waals surface area (Å²) in [6.45, 7) is 13.7. The standard InChI is InChI=1S/C19H31NO4Si/c1-19(2,3)25(4,5)23-12-11-20-13-17(24-18(20)21)15-22-14-16-9-7-6-8-10-16/h6-10,17H,11-15H2,1-5H3. The van der Waals surface area contributed by atoms with Crippen LogP contribution in [-0.2, 0) is 20.5 Å². The fraction of sp³-hybridized carbons (Fsp3) is 0.632. The highest BCUT2D eigenvalue weighted by Crippen LogP contribution is 2.36. The van der Waals surface area contributed by atoms with E-state index in [1.54, 1.807) is 4.90 Å². The molecule has 0 N–H and O–H groups in total. The molecule has 1 aromatic rings. The van der Waals surface area contributed by atoms with Gasteiger partial charge in [-0.15, -0.1) is 0 Å². The average Bonchev–Trinajstić information content (AvgIpc) is 2.87. The Morgan fingerprint density at radius 3 is 2.56 bits per heavy atom. The van der Waals surface area contributed by atoms with Gasteiger partial charge in [-0.3, -0.25) is 0 Å². The third kappa shape index (κ3) is 5.83. The number of hydrogen-bond donors (Lipinski definition) is 0. The maximum atomic E-state index is 12.0. The van der Waals surface area contributed by atoms with Crippen LogP contribution < -0.4 is 0 Å². The van der Waals surface area contributed by atoms with Gasteiger partial charge in [0.25, 0.3) is 0 Å². The Labute approximate surface area is 152 Å². The maximum Gasteiger partial charge on any atom is 0.410 e. The minimum Gasteiger partial charge on any atom is -0.442 e. The van der Waals surface area contributed by atoms with Gasteiger partial charge in [0.15, 0.2) is 8.32 Å². The quantitative estimate of drug-likeness (QED) is 0.652. The smallest absolute Gasteiger partial charge is 0.410 e. The lowest BCUT2D eigenvalue weighted by molar-refractivity contribution is 0.0381. The van der Waals surface area contributed by atoms with Crippen LogP contribution >= 0.6 is 0 Å². The van der Waals surface area contributed by atoms with E-state index in [0.717, 1.165) is 5.56 Å². The van der Waals surface area contributed by atoms with E-state index in [0.29, 0.717) is 32.9 Å². The van der Waals surface area contributed by atoms with Crippen molar-refractivity contribution in [1.29, 1.82) is 0 Å². The molecule has 6 heteroatoms. The summed E-state index contributed by atoms with van der Waals surface area (Å²) in [6.07, 6.45) is -0.476. The third-order valence-electron chi connectivity index (χ3n) is 5.00. The highest BCUT2D eigenvalue weighted by atomic mass is 28.4. The zero-order valence-electron chi connectivity index (χ0n) is 16.1. The Bertz CT molecular complexity index is 556. The molecule has 1 aliphatic heterocycles. The number of carbonyl (C=O) groups is 1. The van der Waals surface area contributed by atoms with E-state index in [1.807, 2.05) is 30.3 Å². The fourth-order valence-electron chi connectivity index (χ4n) is 2.35. The van der Waals surface area contributed by atoms with E-state index in [-0.39, 0.29) is 17.2 Å². The normalized spacial score (nSPS) is 18.5. The number of amides is 1. The average molecular weight is 366 g/mol. The molecule has 0 radical (unpaired) electrons. The Hall–Kier alpha value is -1.37. The highest BCUT2D eigenvalue weighted by Gasteiger charge is 2.38.